The van der Waals surface area contributed by atoms with E-state index in [-0.39, 0.29) is 6.10 Å². The van der Waals surface area contributed by atoms with E-state index in [1.807, 2.05) is 0 Å². The average molecular weight is 214 g/mol. The van der Waals surface area contributed by atoms with Crippen LogP contribution in [-0.2, 0) is 0 Å². The molecule has 2 rings (SSSR count). The molecule has 82 valence electrons. The molecule has 0 bridgehead atoms. The quantitative estimate of drug-likeness (QED) is 0.760. The molecule has 2 fully saturated rings. The Kier molecular flexibility index (Phi) is 4.18. The van der Waals surface area contributed by atoms with Crippen molar-refractivity contribution in [3.8, 4) is 0 Å². The summed E-state index contributed by atoms with van der Waals surface area (Å²) in [5.41, 5.74) is 0. The summed E-state index contributed by atoms with van der Waals surface area (Å²) in [6.45, 7) is 0. The lowest BCUT2D eigenvalue weighted by Gasteiger charge is -2.31. The molecule has 0 aromatic carbocycles. The van der Waals surface area contributed by atoms with Gasteiger partial charge in [-0.25, -0.2) is 0 Å². The van der Waals surface area contributed by atoms with E-state index in [1.165, 1.54) is 51.4 Å². The van der Waals surface area contributed by atoms with Crippen molar-refractivity contribution >= 4 is 11.8 Å². The average Bonchev–Trinajstić information content (AvgIpc) is 2.23. The normalized spacial score (nSPS) is 35.8. The predicted molar refractivity (Wildman–Crippen MR) is 62.7 cm³/mol. The Morgan fingerprint density at radius 1 is 0.786 bits per heavy atom. The van der Waals surface area contributed by atoms with Gasteiger partial charge < -0.3 is 5.11 Å². The molecule has 0 saturated heterocycles. The van der Waals surface area contributed by atoms with E-state index in [1.54, 1.807) is 0 Å². The molecule has 14 heavy (non-hydrogen) atoms. The maximum Gasteiger partial charge on any atom is 0.0658 e. The summed E-state index contributed by atoms with van der Waals surface area (Å²) < 4.78 is 0. The third-order valence-corrected chi connectivity index (χ3v) is 5.34. The third kappa shape index (κ3) is 2.90. The van der Waals surface area contributed by atoms with Crippen molar-refractivity contribution in [3.05, 3.63) is 0 Å². The van der Waals surface area contributed by atoms with Crippen LogP contribution in [0.5, 0.6) is 0 Å². The molecule has 2 saturated carbocycles. The lowest BCUT2D eigenvalue weighted by Crippen LogP contribution is -2.29. The van der Waals surface area contributed by atoms with Gasteiger partial charge in [0.2, 0.25) is 0 Å². The van der Waals surface area contributed by atoms with Crippen molar-refractivity contribution in [2.75, 3.05) is 0 Å². The second kappa shape index (κ2) is 5.41. The Bertz CT molecular complexity index is 166. The summed E-state index contributed by atoms with van der Waals surface area (Å²) in [7, 11) is 0. The van der Waals surface area contributed by atoms with Gasteiger partial charge in [0.15, 0.2) is 0 Å². The maximum atomic E-state index is 9.88. The summed E-state index contributed by atoms with van der Waals surface area (Å²) in [5.74, 6) is 0. The number of thioether (sulfide) groups is 1. The molecule has 0 aromatic heterocycles. The summed E-state index contributed by atoms with van der Waals surface area (Å²) in [6.07, 6.45) is 11.9. The van der Waals surface area contributed by atoms with Crippen molar-refractivity contribution < 1.29 is 5.11 Å². The molecular formula is C12H22OS. The van der Waals surface area contributed by atoms with Crippen LogP contribution in [0, 0.1) is 0 Å². The van der Waals surface area contributed by atoms with E-state index in [2.05, 4.69) is 11.8 Å². The van der Waals surface area contributed by atoms with Crippen LogP contribution < -0.4 is 0 Å². The van der Waals surface area contributed by atoms with Crippen molar-refractivity contribution in [3.63, 3.8) is 0 Å². The minimum atomic E-state index is -0.00400. The van der Waals surface area contributed by atoms with Crippen LogP contribution in [0.25, 0.3) is 0 Å². The number of aliphatic hydroxyl groups is 1. The van der Waals surface area contributed by atoms with Gasteiger partial charge in [0.1, 0.15) is 0 Å². The maximum absolute atomic E-state index is 9.88. The summed E-state index contributed by atoms with van der Waals surface area (Å²) in [4.78, 5) is 0. The van der Waals surface area contributed by atoms with Crippen molar-refractivity contribution in [1.82, 2.24) is 0 Å². The smallest absolute Gasteiger partial charge is 0.0658 e. The molecule has 2 aliphatic rings. The molecule has 2 heteroatoms. The van der Waals surface area contributed by atoms with Gasteiger partial charge >= 0.3 is 0 Å². The van der Waals surface area contributed by atoms with Crippen LogP contribution in [0.15, 0.2) is 0 Å². The summed E-state index contributed by atoms with van der Waals surface area (Å²) in [6, 6.07) is 0. The highest BCUT2D eigenvalue weighted by atomic mass is 32.2. The number of hydrogen-bond acceptors (Lipinski definition) is 2. The number of hydrogen-bond donors (Lipinski definition) is 1. The zero-order chi connectivity index (χ0) is 9.80. The van der Waals surface area contributed by atoms with Gasteiger partial charge in [-0.3, -0.25) is 0 Å². The first-order valence-electron chi connectivity index (χ1n) is 6.20. The van der Waals surface area contributed by atoms with E-state index in [0.29, 0.717) is 5.25 Å². The predicted octanol–water partition coefficient (Wildman–Crippen LogP) is 3.36. The minimum Gasteiger partial charge on any atom is -0.392 e. The minimum absolute atomic E-state index is 0.00400. The van der Waals surface area contributed by atoms with Crippen LogP contribution in [0.2, 0.25) is 0 Å². The zero-order valence-corrected chi connectivity index (χ0v) is 9.77. The molecule has 0 aromatic rings. The Labute approximate surface area is 91.7 Å². The van der Waals surface area contributed by atoms with E-state index in [9.17, 15) is 5.11 Å². The fourth-order valence-corrected chi connectivity index (χ4v) is 4.40. The Morgan fingerprint density at radius 3 is 2.14 bits per heavy atom. The highest BCUT2D eigenvalue weighted by Gasteiger charge is 2.27. The topological polar surface area (TPSA) is 20.2 Å². The summed E-state index contributed by atoms with van der Waals surface area (Å²) in [5, 5.41) is 11.3. The first kappa shape index (κ1) is 10.8. The van der Waals surface area contributed by atoms with Crippen molar-refractivity contribution in [1.29, 1.82) is 0 Å². The molecule has 0 radical (unpaired) electrons. The van der Waals surface area contributed by atoms with Crippen molar-refractivity contribution in [2.45, 2.75) is 74.4 Å². The highest BCUT2D eigenvalue weighted by Crippen LogP contribution is 2.36. The Hall–Kier alpha value is 0.310. The molecular weight excluding hydrogens is 192 g/mol. The molecule has 2 atom stereocenters. The van der Waals surface area contributed by atoms with Gasteiger partial charge in [0.25, 0.3) is 0 Å². The third-order valence-electron chi connectivity index (χ3n) is 3.59. The number of aliphatic hydroxyl groups excluding tert-OH is 1. The van der Waals surface area contributed by atoms with Crippen LogP contribution >= 0.6 is 11.8 Å². The molecule has 2 unspecified atom stereocenters. The van der Waals surface area contributed by atoms with Crippen LogP contribution in [0.3, 0.4) is 0 Å². The van der Waals surface area contributed by atoms with Gasteiger partial charge in [-0.05, 0) is 25.7 Å². The summed E-state index contributed by atoms with van der Waals surface area (Å²) >= 11 is 2.10. The van der Waals surface area contributed by atoms with E-state index in [4.69, 9.17) is 0 Å². The van der Waals surface area contributed by atoms with Crippen molar-refractivity contribution in [2.24, 2.45) is 0 Å². The molecule has 0 amide bonds. The van der Waals surface area contributed by atoms with Gasteiger partial charge in [0.05, 0.1) is 6.10 Å². The SMILES string of the molecule is OC1CCCCC1SC1CCCCC1. The molecule has 1 nitrogen and oxygen atoms in total. The fourth-order valence-electron chi connectivity index (χ4n) is 2.68. The molecule has 0 aliphatic heterocycles. The fraction of sp³-hybridized carbons (Fsp3) is 1.00. The molecule has 0 heterocycles. The van der Waals surface area contributed by atoms with Gasteiger partial charge in [-0.2, -0.15) is 11.8 Å². The lowest BCUT2D eigenvalue weighted by atomic mass is 9.97. The zero-order valence-electron chi connectivity index (χ0n) is 8.95. The highest BCUT2D eigenvalue weighted by molar-refractivity contribution is 8.00. The second-order valence-electron chi connectivity index (χ2n) is 4.79. The monoisotopic (exact) mass is 214 g/mol. The van der Waals surface area contributed by atoms with E-state index < -0.39 is 0 Å². The van der Waals surface area contributed by atoms with E-state index >= 15 is 0 Å². The first-order chi connectivity index (χ1) is 6.86. The largest absolute Gasteiger partial charge is 0.392 e. The van der Waals surface area contributed by atoms with Gasteiger partial charge in [-0.15, -0.1) is 0 Å². The Balaban J connectivity index is 1.76. The molecule has 1 N–H and O–H groups in total. The van der Waals surface area contributed by atoms with Crippen LogP contribution in [0.4, 0.5) is 0 Å². The second-order valence-corrected chi connectivity index (χ2v) is 6.33. The lowest BCUT2D eigenvalue weighted by molar-refractivity contribution is 0.136. The van der Waals surface area contributed by atoms with Crippen LogP contribution in [0.1, 0.15) is 57.8 Å². The standard InChI is InChI=1S/C12H22OS/c13-11-8-4-5-9-12(11)14-10-6-2-1-3-7-10/h10-13H,1-9H2. The van der Waals surface area contributed by atoms with Gasteiger partial charge in [0, 0.05) is 10.5 Å². The number of rotatable bonds is 2. The van der Waals surface area contributed by atoms with Crippen LogP contribution in [-0.4, -0.2) is 21.7 Å². The molecule has 2 aliphatic carbocycles. The first-order valence-corrected chi connectivity index (χ1v) is 7.14. The molecule has 0 spiro atoms. The van der Waals surface area contributed by atoms with E-state index in [0.717, 1.165) is 11.7 Å². The Morgan fingerprint density at radius 2 is 1.43 bits per heavy atom. The van der Waals surface area contributed by atoms with Gasteiger partial charge in [-0.1, -0.05) is 32.1 Å².